The van der Waals surface area contributed by atoms with Crippen molar-refractivity contribution in [3.63, 3.8) is 0 Å². The SMILES string of the molecule is CCOC(=O)C(F)(F)C1C=CC=CN1C. The molecular formula is C10H13F2NO2. The fourth-order valence-corrected chi connectivity index (χ4v) is 1.31. The van der Waals surface area contributed by atoms with E-state index in [0.29, 0.717) is 0 Å². The maximum absolute atomic E-state index is 13.5. The Balaban J connectivity index is 2.80. The number of nitrogens with zero attached hydrogens (tertiary/aromatic N) is 1. The van der Waals surface area contributed by atoms with Gasteiger partial charge in [-0.1, -0.05) is 12.2 Å². The van der Waals surface area contributed by atoms with Gasteiger partial charge in [-0.25, -0.2) is 4.79 Å². The zero-order valence-electron chi connectivity index (χ0n) is 8.61. The first-order valence-corrected chi connectivity index (χ1v) is 4.62. The summed E-state index contributed by atoms with van der Waals surface area (Å²) in [6, 6.07) is -1.28. The van der Waals surface area contributed by atoms with Gasteiger partial charge >= 0.3 is 11.9 Å². The Labute approximate surface area is 87.0 Å². The number of carbonyl (C=O) groups excluding carboxylic acids is 1. The Morgan fingerprint density at radius 3 is 2.73 bits per heavy atom. The highest BCUT2D eigenvalue weighted by Crippen LogP contribution is 2.27. The van der Waals surface area contributed by atoms with Crippen molar-refractivity contribution in [2.75, 3.05) is 13.7 Å². The smallest absolute Gasteiger partial charge is 0.379 e. The van der Waals surface area contributed by atoms with Crippen LogP contribution < -0.4 is 0 Å². The predicted octanol–water partition coefficient (Wildman–Crippen LogP) is 1.57. The lowest BCUT2D eigenvalue weighted by Crippen LogP contribution is -2.49. The largest absolute Gasteiger partial charge is 0.461 e. The van der Waals surface area contributed by atoms with Gasteiger partial charge in [-0.2, -0.15) is 8.78 Å². The molecule has 0 radical (unpaired) electrons. The molecule has 0 aromatic heterocycles. The molecule has 1 aliphatic rings. The number of likely N-dealkylation sites (N-methyl/N-ethyl adjacent to an activating group) is 1. The van der Waals surface area contributed by atoms with Gasteiger partial charge in [0.15, 0.2) is 0 Å². The monoisotopic (exact) mass is 217 g/mol. The molecule has 1 atom stereocenters. The van der Waals surface area contributed by atoms with Crippen molar-refractivity contribution in [3.8, 4) is 0 Å². The van der Waals surface area contributed by atoms with Crippen molar-refractivity contribution in [2.24, 2.45) is 0 Å². The maximum atomic E-state index is 13.5. The number of hydrogen-bond acceptors (Lipinski definition) is 3. The molecule has 0 aromatic rings. The highest BCUT2D eigenvalue weighted by Gasteiger charge is 2.49. The standard InChI is InChI=1S/C10H13F2NO2/c1-3-15-9(14)10(11,12)8-6-4-5-7-13(8)2/h4-8H,3H2,1-2H3. The van der Waals surface area contributed by atoms with Gasteiger partial charge in [-0.3, -0.25) is 0 Å². The number of rotatable bonds is 3. The summed E-state index contributed by atoms with van der Waals surface area (Å²) in [6.07, 6.45) is 5.87. The molecule has 84 valence electrons. The molecular weight excluding hydrogens is 204 g/mol. The lowest BCUT2D eigenvalue weighted by Gasteiger charge is -2.31. The molecule has 0 bridgehead atoms. The van der Waals surface area contributed by atoms with E-state index in [4.69, 9.17) is 0 Å². The summed E-state index contributed by atoms with van der Waals surface area (Å²) in [5.41, 5.74) is 0. The van der Waals surface area contributed by atoms with Crippen LogP contribution in [0.4, 0.5) is 8.78 Å². The van der Waals surface area contributed by atoms with Crippen LogP contribution in [0.5, 0.6) is 0 Å². The zero-order chi connectivity index (χ0) is 11.5. The van der Waals surface area contributed by atoms with Crippen molar-refractivity contribution in [3.05, 3.63) is 24.4 Å². The van der Waals surface area contributed by atoms with Gasteiger partial charge in [0, 0.05) is 7.05 Å². The van der Waals surface area contributed by atoms with Gasteiger partial charge in [0.1, 0.15) is 6.04 Å². The van der Waals surface area contributed by atoms with Crippen LogP contribution in [-0.4, -0.2) is 36.5 Å². The van der Waals surface area contributed by atoms with E-state index in [-0.39, 0.29) is 6.61 Å². The lowest BCUT2D eigenvalue weighted by molar-refractivity contribution is -0.177. The molecule has 0 saturated heterocycles. The molecule has 1 unspecified atom stereocenters. The van der Waals surface area contributed by atoms with E-state index in [1.807, 2.05) is 0 Å². The molecule has 0 aromatic carbocycles. The summed E-state index contributed by atoms with van der Waals surface area (Å²) in [6.45, 7) is 1.44. The molecule has 1 rings (SSSR count). The van der Waals surface area contributed by atoms with Crippen LogP contribution in [0.15, 0.2) is 24.4 Å². The van der Waals surface area contributed by atoms with Crippen LogP contribution in [0.1, 0.15) is 6.92 Å². The molecule has 0 fully saturated rings. The number of ether oxygens (including phenoxy) is 1. The highest BCUT2D eigenvalue weighted by molar-refractivity contribution is 5.79. The summed E-state index contributed by atoms with van der Waals surface area (Å²) in [5.74, 6) is -5.01. The third-order valence-electron chi connectivity index (χ3n) is 2.08. The molecule has 0 saturated carbocycles. The highest BCUT2D eigenvalue weighted by atomic mass is 19.3. The molecule has 0 aliphatic carbocycles. The number of halogens is 2. The van der Waals surface area contributed by atoms with E-state index >= 15 is 0 Å². The Morgan fingerprint density at radius 2 is 2.20 bits per heavy atom. The van der Waals surface area contributed by atoms with E-state index in [1.165, 1.54) is 37.2 Å². The van der Waals surface area contributed by atoms with Crippen LogP contribution >= 0.6 is 0 Å². The summed E-state index contributed by atoms with van der Waals surface area (Å²) in [5, 5.41) is 0. The maximum Gasteiger partial charge on any atom is 0.379 e. The van der Waals surface area contributed by atoms with Crippen molar-refractivity contribution < 1.29 is 18.3 Å². The van der Waals surface area contributed by atoms with Gasteiger partial charge in [-0.05, 0) is 19.2 Å². The molecule has 0 N–H and O–H groups in total. The third-order valence-corrected chi connectivity index (χ3v) is 2.08. The predicted molar refractivity (Wildman–Crippen MR) is 51.4 cm³/mol. The normalized spacial score (nSPS) is 20.5. The molecule has 3 nitrogen and oxygen atoms in total. The van der Waals surface area contributed by atoms with Crippen molar-refractivity contribution in [1.29, 1.82) is 0 Å². The number of esters is 1. The Hall–Kier alpha value is -1.39. The molecule has 0 spiro atoms. The molecule has 1 heterocycles. The van der Waals surface area contributed by atoms with E-state index in [1.54, 1.807) is 6.08 Å². The zero-order valence-corrected chi connectivity index (χ0v) is 8.61. The molecule has 5 heteroatoms. The second kappa shape index (κ2) is 4.42. The van der Waals surface area contributed by atoms with Gasteiger partial charge in [0.25, 0.3) is 0 Å². The number of alkyl halides is 2. The van der Waals surface area contributed by atoms with Crippen LogP contribution in [0.3, 0.4) is 0 Å². The Kier molecular flexibility index (Phi) is 3.44. The van der Waals surface area contributed by atoms with E-state index < -0.39 is 17.9 Å². The number of carbonyl (C=O) groups is 1. The van der Waals surface area contributed by atoms with Crippen molar-refractivity contribution >= 4 is 5.97 Å². The van der Waals surface area contributed by atoms with Crippen LogP contribution in [0.2, 0.25) is 0 Å². The van der Waals surface area contributed by atoms with Crippen LogP contribution in [0.25, 0.3) is 0 Å². The summed E-state index contributed by atoms with van der Waals surface area (Å²) in [4.78, 5) is 12.3. The fraction of sp³-hybridized carbons (Fsp3) is 0.500. The van der Waals surface area contributed by atoms with Gasteiger partial charge in [-0.15, -0.1) is 0 Å². The van der Waals surface area contributed by atoms with Crippen molar-refractivity contribution in [2.45, 2.75) is 18.9 Å². The first-order valence-electron chi connectivity index (χ1n) is 4.62. The second-order valence-corrected chi connectivity index (χ2v) is 3.18. The average Bonchev–Trinajstić information content (AvgIpc) is 2.18. The molecule has 15 heavy (non-hydrogen) atoms. The van der Waals surface area contributed by atoms with E-state index in [2.05, 4.69) is 4.74 Å². The van der Waals surface area contributed by atoms with E-state index in [0.717, 1.165) is 0 Å². The summed E-state index contributed by atoms with van der Waals surface area (Å²) < 4.78 is 31.4. The first kappa shape index (κ1) is 11.7. The minimum absolute atomic E-state index is 0.0512. The Morgan fingerprint density at radius 1 is 1.53 bits per heavy atom. The minimum Gasteiger partial charge on any atom is -0.461 e. The Bertz CT molecular complexity index is 300. The first-order chi connectivity index (χ1) is 7.00. The topological polar surface area (TPSA) is 29.5 Å². The van der Waals surface area contributed by atoms with Gasteiger partial charge in [0.2, 0.25) is 0 Å². The number of hydrogen-bond donors (Lipinski definition) is 0. The quantitative estimate of drug-likeness (QED) is 0.672. The minimum atomic E-state index is -3.52. The summed E-state index contributed by atoms with van der Waals surface area (Å²) in [7, 11) is 1.48. The van der Waals surface area contributed by atoms with E-state index in [9.17, 15) is 13.6 Å². The third kappa shape index (κ3) is 2.34. The second-order valence-electron chi connectivity index (χ2n) is 3.18. The summed E-state index contributed by atoms with van der Waals surface area (Å²) >= 11 is 0. The van der Waals surface area contributed by atoms with Gasteiger partial charge < -0.3 is 9.64 Å². The van der Waals surface area contributed by atoms with Crippen molar-refractivity contribution in [1.82, 2.24) is 4.90 Å². The molecule has 1 aliphatic heterocycles. The number of allylic oxidation sites excluding steroid dienone is 2. The van der Waals surface area contributed by atoms with Crippen LogP contribution in [0, 0.1) is 0 Å². The average molecular weight is 217 g/mol. The van der Waals surface area contributed by atoms with Crippen LogP contribution in [-0.2, 0) is 9.53 Å². The fourth-order valence-electron chi connectivity index (χ4n) is 1.31. The van der Waals surface area contributed by atoms with Gasteiger partial charge in [0.05, 0.1) is 6.61 Å². The lowest BCUT2D eigenvalue weighted by atomic mass is 10.1. The molecule has 0 amide bonds.